The number of fused-ring (bicyclic) bond motifs is 6. The summed E-state index contributed by atoms with van der Waals surface area (Å²) in [6.45, 7) is 0.181. The zero-order chi connectivity index (χ0) is 18.5. The third kappa shape index (κ3) is 2.56. The number of likely N-dealkylation sites (tertiary alicyclic amines) is 1. The normalized spacial score (nSPS) is 28.8. The molecular formula is C22H22N2O3. The van der Waals surface area contributed by atoms with Crippen LogP contribution in [0, 0.1) is 23.7 Å². The van der Waals surface area contributed by atoms with Gasteiger partial charge in [-0.05, 0) is 42.6 Å². The summed E-state index contributed by atoms with van der Waals surface area (Å²) in [6.07, 6.45) is 3.30. The highest BCUT2D eigenvalue weighted by Crippen LogP contribution is 2.56. The van der Waals surface area contributed by atoms with Crippen molar-refractivity contribution in [1.82, 2.24) is 4.90 Å². The highest BCUT2D eigenvalue weighted by molar-refractivity contribution is 6.07. The Morgan fingerprint density at radius 3 is 2.37 bits per heavy atom. The second-order valence-corrected chi connectivity index (χ2v) is 8.04. The summed E-state index contributed by atoms with van der Waals surface area (Å²) in [5, 5.41) is 4.97. The first-order chi connectivity index (χ1) is 13.1. The number of imide groups is 1. The van der Waals surface area contributed by atoms with E-state index in [2.05, 4.69) is 5.32 Å². The number of rotatable bonds is 4. The molecule has 5 heteroatoms. The summed E-state index contributed by atoms with van der Waals surface area (Å²) in [5.74, 6) is 0.268. The standard InChI is InChI=1S/C22H22N2O3/c25-18(23-17-7-3-5-13-4-1-2-6-16(13)17)10-11-24-21(26)19-14-8-9-15(12-14)20(19)22(24)27/h1-7,14-15,19-20H,8-12H2,(H,23,25)/t14-,15+,19+,20-. The van der Waals surface area contributed by atoms with Crippen LogP contribution in [0.5, 0.6) is 0 Å². The van der Waals surface area contributed by atoms with Gasteiger partial charge < -0.3 is 5.32 Å². The highest BCUT2D eigenvalue weighted by atomic mass is 16.2. The molecule has 0 radical (unpaired) electrons. The fourth-order valence-corrected chi connectivity index (χ4v) is 5.45. The maximum absolute atomic E-state index is 12.7. The Labute approximate surface area is 157 Å². The lowest BCUT2D eigenvalue weighted by molar-refractivity contribution is -0.140. The van der Waals surface area contributed by atoms with Crippen LogP contribution in [-0.4, -0.2) is 29.2 Å². The van der Waals surface area contributed by atoms with Gasteiger partial charge in [0.15, 0.2) is 0 Å². The lowest BCUT2D eigenvalue weighted by atomic mass is 9.81. The summed E-state index contributed by atoms with van der Waals surface area (Å²) < 4.78 is 0. The number of nitrogens with zero attached hydrogens (tertiary/aromatic N) is 1. The van der Waals surface area contributed by atoms with Gasteiger partial charge in [-0.25, -0.2) is 0 Å². The van der Waals surface area contributed by atoms with E-state index in [0.717, 1.165) is 35.7 Å². The van der Waals surface area contributed by atoms with Gasteiger partial charge in [-0.3, -0.25) is 19.3 Å². The van der Waals surface area contributed by atoms with Gasteiger partial charge in [0.25, 0.3) is 0 Å². The lowest BCUT2D eigenvalue weighted by Gasteiger charge is -2.19. The van der Waals surface area contributed by atoms with Crippen molar-refractivity contribution in [3.05, 3.63) is 42.5 Å². The van der Waals surface area contributed by atoms with Gasteiger partial charge in [0.2, 0.25) is 17.7 Å². The number of nitrogens with one attached hydrogen (secondary N) is 1. The molecule has 3 amide bonds. The molecule has 3 aliphatic rings. The average molecular weight is 362 g/mol. The van der Waals surface area contributed by atoms with E-state index in [-0.39, 0.29) is 42.5 Å². The van der Waals surface area contributed by atoms with Gasteiger partial charge in [-0.2, -0.15) is 0 Å². The van der Waals surface area contributed by atoms with Crippen molar-refractivity contribution in [2.45, 2.75) is 25.7 Å². The van der Waals surface area contributed by atoms with Crippen LogP contribution in [0.3, 0.4) is 0 Å². The van der Waals surface area contributed by atoms with Crippen LogP contribution in [0.25, 0.3) is 10.8 Å². The topological polar surface area (TPSA) is 66.5 Å². The van der Waals surface area contributed by atoms with E-state index < -0.39 is 0 Å². The molecule has 0 unspecified atom stereocenters. The number of hydrogen-bond donors (Lipinski definition) is 1. The Morgan fingerprint density at radius 2 is 1.63 bits per heavy atom. The first-order valence-corrected chi connectivity index (χ1v) is 9.76. The van der Waals surface area contributed by atoms with Crippen LogP contribution in [0.15, 0.2) is 42.5 Å². The van der Waals surface area contributed by atoms with E-state index in [1.54, 1.807) is 0 Å². The number of anilines is 1. The van der Waals surface area contributed by atoms with Crippen molar-refractivity contribution in [1.29, 1.82) is 0 Å². The summed E-state index contributed by atoms with van der Waals surface area (Å²) >= 11 is 0. The van der Waals surface area contributed by atoms with Crippen LogP contribution in [0.2, 0.25) is 0 Å². The molecule has 1 saturated heterocycles. The molecule has 2 aromatic rings. The summed E-state index contributed by atoms with van der Waals surface area (Å²) in [7, 11) is 0. The van der Waals surface area contributed by atoms with Gasteiger partial charge in [-0.15, -0.1) is 0 Å². The maximum Gasteiger partial charge on any atom is 0.233 e. The Balaban J connectivity index is 1.26. The SMILES string of the molecule is O=C(CCN1C(=O)[C@@H]2[C@H]3CC[C@H](C3)[C@@H]2C1=O)Nc1cccc2ccccc12. The molecule has 2 saturated carbocycles. The van der Waals surface area contributed by atoms with E-state index in [1.807, 2.05) is 42.5 Å². The Kier molecular flexibility index (Phi) is 3.78. The highest BCUT2D eigenvalue weighted by Gasteiger charge is 2.60. The summed E-state index contributed by atoms with van der Waals surface area (Å²) in [6, 6.07) is 13.6. The van der Waals surface area contributed by atoms with Crippen LogP contribution in [-0.2, 0) is 14.4 Å². The summed E-state index contributed by atoms with van der Waals surface area (Å²) in [4.78, 5) is 39.2. The second kappa shape index (κ2) is 6.19. The second-order valence-electron chi connectivity index (χ2n) is 8.04. The molecule has 2 aliphatic carbocycles. The molecule has 2 aromatic carbocycles. The Morgan fingerprint density at radius 1 is 0.963 bits per heavy atom. The van der Waals surface area contributed by atoms with Crippen molar-refractivity contribution in [2.75, 3.05) is 11.9 Å². The van der Waals surface area contributed by atoms with E-state index in [1.165, 1.54) is 4.90 Å². The zero-order valence-corrected chi connectivity index (χ0v) is 15.1. The average Bonchev–Trinajstić information content (AvgIpc) is 3.35. The molecule has 1 N–H and O–H groups in total. The third-order valence-electron chi connectivity index (χ3n) is 6.64. The maximum atomic E-state index is 12.7. The molecule has 138 valence electrons. The fourth-order valence-electron chi connectivity index (χ4n) is 5.45. The van der Waals surface area contributed by atoms with E-state index in [9.17, 15) is 14.4 Å². The molecule has 1 heterocycles. The minimum Gasteiger partial charge on any atom is -0.325 e. The quantitative estimate of drug-likeness (QED) is 0.850. The van der Waals surface area contributed by atoms with E-state index in [0.29, 0.717) is 11.8 Å². The molecule has 5 nitrogen and oxygen atoms in total. The van der Waals surface area contributed by atoms with Crippen molar-refractivity contribution in [2.24, 2.45) is 23.7 Å². The van der Waals surface area contributed by atoms with Gasteiger partial charge in [-0.1, -0.05) is 36.4 Å². The molecule has 3 fully saturated rings. The first-order valence-electron chi connectivity index (χ1n) is 9.76. The minimum absolute atomic E-state index is 0.0461. The minimum atomic E-state index is -0.174. The van der Waals surface area contributed by atoms with Crippen molar-refractivity contribution < 1.29 is 14.4 Å². The largest absolute Gasteiger partial charge is 0.325 e. The number of benzene rings is 2. The van der Waals surface area contributed by atoms with Crippen molar-refractivity contribution in [3.63, 3.8) is 0 Å². The Hall–Kier alpha value is -2.69. The van der Waals surface area contributed by atoms with Crippen LogP contribution < -0.4 is 5.32 Å². The fraction of sp³-hybridized carbons (Fsp3) is 0.409. The molecular weight excluding hydrogens is 340 g/mol. The zero-order valence-electron chi connectivity index (χ0n) is 15.1. The van der Waals surface area contributed by atoms with Crippen LogP contribution in [0.4, 0.5) is 5.69 Å². The first kappa shape index (κ1) is 16.5. The van der Waals surface area contributed by atoms with Gasteiger partial charge in [0.05, 0.1) is 11.8 Å². The molecule has 5 rings (SSSR count). The smallest absolute Gasteiger partial charge is 0.233 e. The van der Waals surface area contributed by atoms with E-state index in [4.69, 9.17) is 0 Å². The molecule has 0 spiro atoms. The monoisotopic (exact) mass is 362 g/mol. The predicted octanol–water partition coefficient (Wildman–Crippen LogP) is 3.20. The number of hydrogen-bond acceptors (Lipinski definition) is 3. The van der Waals surface area contributed by atoms with E-state index >= 15 is 0 Å². The van der Waals surface area contributed by atoms with Crippen molar-refractivity contribution in [3.8, 4) is 0 Å². The molecule has 2 bridgehead atoms. The number of carbonyl (C=O) groups is 3. The molecule has 27 heavy (non-hydrogen) atoms. The van der Waals surface area contributed by atoms with Gasteiger partial charge in [0.1, 0.15) is 0 Å². The third-order valence-corrected chi connectivity index (χ3v) is 6.64. The number of amides is 3. The molecule has 1 aliphatic heterocycles. The van der Waals surface area contributed by atoms with Crippen LogP contribution >= 0.6 is 0 Å². The number of carbonyl (C=O) groups excluding carboxylic acids is 3. The lowest BCUT2D eigenvalue weighted by Crippen LogP contribution is -2.35. The van der Waals surface area contributed by atoms with Gasteiger partial charge in [0, 0.05) is 24.0 Å². The predicted molar refractivity (Wildman–Crippen MR) is 102 cm³/mol. The van der Waals surface area contributed by atoms with Crippen LogP contribution in [0.1, 0.15) is 25.7 Å². The molecule has 4 atom stereocenters. The van der Waals surface area contributed by atoms with Crippen molar-refractivity contribution >= 4 is 34.2 Å². The van der Waals surface area contributed by atoms with Gasteiger partial charge >= 0.3 is 0 Å². The Bertz CT molecular complexity index is 920. The summed E-state index contributed by atoms with van der Waals surface area (Å²) in [5.41, 5.74) is 0.757. The molecule has 0 aromatic heterocycles.